The van der Waals surface area contributed by atoms with Crippen LogP contribution < -0.4 is 10.5 Å². The van der Waals surface area contributed by atoms with Crippen LogP contribution in [0.1, 0.15) is 18.1 Å². The van der Waals surface area contributed by atoms with Crippen LogP contribution in [-0.4, -0.2) is 49.8 Å². The smallest absolute Gasteiger partial charge is 0.311 e. The largest absolute Gasteiger partial charge is 0.347 e. The maximum atomic E-state index is 12.3. The second-order valence-corrected chi connectivity index (χ2v) is 7.75. The predicted molar refractivity (Wildman–Crippen MR) is 105 cm³/mol. The summed E-state index contributed by atoms with van der Waals surface area (Å²) < 4.78 is 22.5. The van der Waals surface area contributed by atoms with Gasteiger partial charge in [0.05, 0.1) is 4.90 Å². The Morgan fingerprint density at radius 1 is 1.04 bits per heavy atom. The number of benzene rings is 1. The minimum atomic E-state index is -3.73. The van der Waals surface area contributed by atoms with E-state index in [0.29, 0.717) is 25.9 Å². The zero-order chi connectivity index (χ0) is 20.6. The van der Waals surface area contributed by atoms with Crippen LogP contribution in [0.4, 0.5) is 0 Å². The highest BCUT2D eigenvalue weighted by Crippen LogP contribution is 2.09. The van der Waals surface area contributed by atoms with Gasteiger partial charge in [0.1, 0.15) is 0 Å². The highest BCUT2D eigenvalue weighted by molar-refractivity contribution is 7.89. The number of pyridine rings is 1. The highest BCUT2D eigenvalue weighted by atomic mass is 32.2. The van der Waals surface area contributed by atoms with Gasteiger partial charge in [-0.3, -0.25) is 14.6 Å². The number of primary sulfonamides is 1. The summed E-state index contributed by atoms with van der Waals surface area (Å²) in [6.07, 6.45) is 4.49. The lowest BCUT2D eigenvalue weighted by Crippen LogP contribution is -2.44. The lowest BCUT2D eigenvalue weighted by molar-refractivity contribution is -0.145. The van der Waals surface area contributed by atoms with E-state index in [2.05, 4.69) is 10.3 Å². The van der Waals surface area contributed by atoms with Gasteiger partial charge in [0, 0.05) is 32.0 Å². The van der Waals surface area contributed by atoms with Gasteiger partial charge >= 0.3 is 11.8 Å². The van der Waals surface area contributed by atoms with Crippen LogP contribution in [0.25, 0.3) is 0 Å². The molecule has 0 fully saturated rings. The number of hydrogen-bond acceptors (Lipinski definition) is 5. The average Bonchev–Trinajstić information content (AvgIpc) is 2.68. The molecule has 0 unspecified atom stereocenters. The second kappa shape index (κ2) is 9.95. The van der Waals surface area contributed by atoms with Crippen molar-refractivity contribution in [2.45, 2.75) is 24.7 Å². The minimum absolute atomic E-state index is 0.0308. The topological polar surface area (TPSA) is 122 Å². The van der Waals surface area contributed by atoms with Crippen LogP contribution in [-0.2, 0) is 32.5 Å². The number of likely N-dealkylation sites (N-methyl/N-ethyl adjacent to an activating group) is 1. The Bertz CT molecular complexity index is 899. The van der Waals surface area contributed by atoms with Crippen molar-refractivity contribution in [3.63, 3.8) is 0 Å². The summed E-state index contributed by atoms with van der Waals surface area (Å²) in [6.45, 7) is 2.97. The molecule has 0 aliphatic carbocycles. The van der Waals surface area contributed by atoms with Crippen molar-refractivity contribution in [1.82, 2.24) is 15.2 Å². The molecule has 28 heavy (non-hydrogen) atoms. The first-order valence-electron chi connectivity index (χ1n) is 8.89. The van der Waals surface area contributed by atoms with Crippen LogP contribution in [0.3, 0.4) is 0 Å². The van der Waals surface area contributed by atoms with Gasteiger partial charge in [-0.1, -0.05) is 12.1 Å². The van der Waals surface area contributed by atoms with Crippen molar-refractivity contribution >= 4 is 21.8 Å². The number of hydrogen-bond donors (Lipinski definition) is 2. The Balaban J connectivity index is 1.81. The third-order valence-electron chi connectivity index (χ3n) is 4.23. The molecule has 2 rings (SSSR count). The van der Waals surface area contributed by atoms with Gasteiger partial charge < -0.3 is 10.2 Å². The fourth-order valence-electron chi connectivity index (χ4n) is 2.60. The molecule has 0 spiro atoms. The standard InChI is InChI=1S/C19H24N4O4S/c1-2-23(14-10-16-7-11-21-12-8-16)19(25)18(24)22-13-9-15-3-5-17(6-4-15)28(20,26)27/h3-8,11-12H,2,9-10,13-14H2,1H3,(H,22,24)(H2,20,26,27). The summed E-state index contributed by atoms with van der Waals surface area (Å²) in [4.78, 5) is 29.9. The monoisotopic (exact) mass is 404 g/mol. The number of carbonyl (C=O) groups is 2. The van der Waals surface area contributed by atoms with E-state index in [0.717, 1.165) is 11.1 Å². The molecule has 1 aromatic heterocycles. The first-order chi connectivity index (χ1) is 13.3. The molecule has 0 aliphatic rings. The maximum Gasteiger partial charge on any atom is 0.311 e. The third-order valence-corrected chi connectivity index (χ3v) is 5.16. The number of nitrogens with one attached hydrogen (secondary N) is 1. The molecule has 1 aromatic carbocycles. The number of aromatic nitrogens is 1. The predicted octanol–water partition coefficient (Wildman–Crippen LogP) is 0.479. The summed E-state index contributed by atoms with van der Waals surface area (Å²) >= 11 is 0. The molecule has 0 radical (unpaired) electrons. The SMILES string of the molecule is CCN(CCc1ccncc1)C(=O)C(=O)NCCc1ccc(S(N)(=O)=O)cc1. The summed E-state index contributed by atoms with van der Waals surface area (Å²) in [5.41, 5.74) is 1.87. The van der Waals surface area contributed by atoms with Gasteiger partial charge in [-0.05, 0) is 55.2 Å². The molecule has 0 bridgehead atoms. The molecular weight excluding hydrogens is 380 g/mol. The van der Waals surface area contributed by atoms with Crippen LogP contribution in [0, 0.1) is 0 Å². The van der Waals surface area contributed by atoms with Gasteiger partial charge in [-0.15, -0.1) is 0 Å². The molecule has 150 valence electrons. The molecule has 2 amide bonds. The molecule has 9 heteroatoms. The quantitative estimate of drug-likeness (QED) is 0.620. The van der Waals surface area contributed by atoms with Crippen molar-refractivity contribution in [3.8, 4) is 0 Å². The van der Waals surface area contributed by atoms with E-state index in [-0.39, 0.29) is 11.4 Å². The number of nitrogens with two attached hydrogens (primary N) is 1. The molecule has 1 heterocycles. The average molecular weight is 404 g/mol. The molecule has 2 aromatic rings. The van der Waals surface area contributed by atoms with Gasteiger partial charge in [-0.2, -0.15) is 0 Å². The van der Waals surface area contributed by atoms with E-state index in [1.165, 1.54) is 17.0 Å². The first-order valence-corrected chi connectivity index (χ1v) is 10.4. The van der Waals surface area contributed by atoms with E-state index in [4.69, 9.17) is 5.14 Å². The van der Waals surface area contributed by atoms with E-state index < -0.39 is 21.8 Å². The number of amides is 2. The second-order valence-electron chi connectivity index (χ2n) is 6.19. The highest BCUT2D eigenvalue weighted by Gasteiger charge is 2.19. The fraction of sp³-hybridized carbons (Fsp3) is 0.316. The third kappa shape index (κ3) is 6.43. The van der Waals surface area contributed by atoms with E-state index in [9.17, 15) is 18.0 Å². The van der Waals surface area contributed by atoms with Gasteiger partial charge in [-0.25, -0.2) is 13.6 Å². The van der Waals surface area contributed by atoms with Crippen LogP contribution in [0.5, 0.6) is 0 Å². The first kappa shape index (κ1) is 21.5. The Morgan fingerprint density at radius 2 is 1.64 bits per heavy atom. The van der Waals surface area contributed by atoms with E-state index in [1.54, 1.807) is 24.5 Å². The van der Waals surface area contributed by atoms with Crippen molar-refractivity contribution in [1.29, 1.82) is 0 Å². The van der Waals surface area contributed by atoms with Crippen LogP contribution >= 0.6 is 0 Å². The molecule has 3 N–H and O–H groups in total. The van der Waals surface area contributed by atoms with Crippen molar-refractivity contribution in [2.24, 2.45) is 5.14 Å². The van der Waals surface area contributed by atoms with Gasteiger partial charge in [0.15, 0.2) is 0 Å². The fourth-order valence-corrected chi connectivity index (χ4v) is 3.12. The lowest BCUT2D eigenvalue weighted by Gasteiger charge is -2.20. The van der Waals surface area contributed by atoms with Crippen molar-refractivity contribution < 1.29 is 18.0 Å². The molecule has 0 saturated carbocycles. The van der Waals surface area contributed by atoms with E-state index >= 15 is 0 Å². The number of nitrogens with zero attached hydrogens (tertiary/aromatic N) is 2. The zero-order valence-electron chi connectivity index (χ0n) is 15.7. The normalized spacial score (nSPS) is 11.1. The number of carbonyl (C=O) groups excluding carboxylic acids is 2. The van der Waals surface area contributed by atoms with Crippen LogP contribution in [0.2, 0.25) is 0 Å². The van der Waals surface area contributed by atoms with Crippen molar-refractivity contribution in [3.05, 3.63) is 59.9 Å². The Kier molecular flexibility index (Phi) is 7.65. The van der Waals surface area contributed by atoms with Crippen LogP contribution in [0.15, 0.2) is 53.7 Å². The molecule has 0 atom stereocenters. The number of sulfonamides is 1. The zero-order valence-corrected chi connectivity index (χ0v) is 16.5. The number of rotatable bonds is 8. The summed E-state index contributed by atoms with van der Waals surface area (Å²) in [7, 11) is -3.73. The Morgan fingerprint density at radius 3 is 2.21 bits per heavy atom. The lowest BCUT2D eigenvalue weighted by atomic mass is 10.1. The van der Waals surface area contributed by atoms with E-state index in [1.807, 2.05) is 19.1 Å². The molecular formula is C19H24N4O4S. The molecule has 0 saturated heterocycles. The Labute approximate surface area is 164 Å². The summed E-state index contributed by atoms with van der Waals surface area (Å²) in [6, 6.07) is 9.83. The molecule has 0 aliphatic heterocycles. The maximum absolute atomic E-state index is 12.3. The summed E-state index contributed by atoms with van der Waals surface area (Å²) in [5.74, 6) is -1.22. The van der Waals surface area contributed by atoms with Gasteiger partial charge in [0.25, 0.3) is 0 Å². The minimum Gasteiger partial charge on any atom is -0.347 e. The van der Waals surface area contributed by atoms with Crippen molar-refractivity contribution in [2.75, 3.05) is 19.6 Å². The Hall–Kier alpha value is -2.78. The summed E-state index contributed by atoms with van der Waals surface area (Å²) in [5, 5.41) is 7.66. The molecule has 8 nitrogen and oxygen atoms in total. The van der Waals surface area contributed by atoms with Gasteiger partial charge in [0.2, 0.25) is 10.0 Å².